The molecule has 2 saturated heterocycles. The van der Waals surface area contributed by atoms with Crippen LogP contribution in [0.3, 0.4) is 0 Å². The van der Waals surface area contributed by atoms with Gasteiger partial charge in [-0.05, 0) is 31.7 Å². The van der Waals surface area contributed by atoms with Crippen molar-refractivity contribution < 1.29 is 17.9 Å². The molecule has 0 atom stereocenters. The van der Waals surface area contributed by atoms with Crippen molar-refractivity contribution in [3.63, 3.8) is 0 Å². The quantitative estimate of drug-likeness (QED) is 0.625. The number of guanidine groups is 1. The summed E-state index contributed by atoms with van der Waals surface area (Å²) in [7, 11) is 3.20. The van der Waals surface area contributed by atoms with E-state index in [-0.39, 0.29) is 0 Å². The highest BCUT2D eigenvalue weighted by Crippen LogP contribution is 2.39. The van der Waals surface area contributed by atoms with Crippen LogP contribution in [0.25, 0.3) is 0 Å². The summed E-state index contributed by atoms with van der Waals surface area (Å²) in [6.07, 6.45) is -0.866. The van der Waals surface area contributed by atoms with Crippen LogP contribution in [0.15, 0.2) is 4.99 Å². The first kappa shape index (κ1) is 18.3. The molecule has 0 radical (unpaired) electrons. The van der Waals surface area contributed by atoms with Crippen LogP contribution in [0.2, 0.25) is 0 Å². The van der Waals surface area contributed by atoms with E-state index in [9.17, 15) is 13.2 Å². The topological polar surface area (TPSA) is 40.1 Å². The number of likely N-dealkylation sites (tertiary alicyclic amines) is 1. The van der Waals surface area contributed by atoms with Crippen LogP contribution in [0.1, 0.15) is 19.3 Å². The minimum atomic E-state index is -4.15. The van der Waals surface area contributed by atoms with Crippen molar-refractivity contribution in [1.29, 1.82) is 0 Å². The molecule has 2 aliphatic heterocycles. The third-order valence-electron chi connectivity index (χ3n) is 4.73. The van der Waals surface area contributed by atoms with E-state index in [4.69, 9.17) is 4.74 Å². The molecule has 0 aromatic rings. The molecule has 0 saturated carbocycles. The molecular formula is C15H27F3N4O. The fourth-order valence-electron chi connectivity index (χ4n) is 3.40. The van der Waals surface area contributed by atoms with E-state index in [1.807, 2.05) is 0 Å². The molecule has 23 heavy (non-hydrogen) atoms. The van der Waals surface area contributed by atoms with Crippen molar-refractivity contribution in [2.24, 2.45) is 10.4 Å². The number of aliphatic imine (C=N–C) groups is 1. The number of nitrogens with zero attached hydrogens (tertiary/aromatic N) is 3. The maximum absolute atomic E-state index is 12.3. The van der Waals surface area contributed by atoms with Gasteiger partial charge >= 0.3 is 6.18 Å². The summed E-state index contributed by atoms with van der Waals surface area (Å²) in [6.45, 7) is 3.42. The van der Waals surface area contributed by atoms with Gasteiger partial charge in [-0.2, -0.15) is 13.2 Å². The molecule has 0 bridgehead atoms. The Labute approximate surface area is 135 Å². The van der Waals surface area contributed by atoms with E-state index >= 15 is 0 Å². The number of likely N-dealkylation sites (N-methyl/N-ethyl adjacent to an activating group) is 1. The third kappa shape index (κ3) is 5.53. The highest BCUT2D eigenvalue weighted by molar-refractivity contribution is 5.80. The zero-order chi connectivity index (χ0) is 16.9. The van der Waals surface area contributed by atoms with Crippen LogP contribution < -0.4 is 5.32 Å². The SMILES string of the molecule is CN=C(NCCN(C)CC(F)(F)F)N1CCC2(CCOCC2)C1. The van der Waals surface area contributed by atoms with Crippen molar-refractivity contribution in [2.45, 2.75) is 25.4 Å². The van der Waals surface area contributed by atoms with Gasteiger partial charge < -0.3 is 15.0 Å². The van der Waals surface area contributed by atoms with E-state index in [1.165, 1.54) is 11.9 Å². The Balaban J connectivity index is 1.76. The second kappa shape index (κ2) is 7.70. The number of hydrogen-bond acceptors (Lipinski definition) is 3. The minimum Gasteiger partial charge on any atom is -0.381 e. The molecular weight excluding hydrogens is 309 g/mol. The van der Waals surface area contributed by atoms with Gasteiger partial charge in [0.25, 0.3) is 0 Å². The zero-order valence-electron chi connectivity index (χ0n) is 14.0. The maximum atomic E-state index is 12.3. The summed E-state index contributed by atoms with van der Waals surface area (Å²) in [5, 5.41) is 3.19. The van der Waals surface area contributed by atoms with E-state index in [2.05, 4.69) is 15.2 Å². The Morgan fingerprint density at radius 3 is 2.61 bits per heavy atom. The number of alkyl halides is 3. The molecule has 5 nitrogen and oxygen atoms in total. The lowest BCUT2D eigenvalue weighted by Gasteiger charge is -2.33. The van der Waals surface area contributed by atoms with E-state index in [0.717, 1.165) is 51.5 Å². The molecule has 2 heterocycles. The standard InChI is InChI=1S/C15H27F3N4O/c1-19-13(20-6-8-21(2)12-15(16,17)18)22-7-3-14(11-22)4-9-23-10-5-14/h3-12H2,1-2H3,(H,19,20). The molecule has 0 amide bonds. The Bertz CT molecular complexity index is 408. The van der Waals surface area contributed by atoms with Crippen molar-refractivity contribution in [3.8, 4) is 0 Å². The second-order valence-electron chi connectivity index (χ2n) is 6.61. The van der Waals surface area contributed by atoms with Crippen LogP contribution in [0.4, 0.5) is 13.2 Å². The van der Waals surface area contributed by atoms with Gasteiger partial charge in [0, 0.05) is 46.4 Å². The lowest BCUT2D eigenvalue weighted by molar-refractivity contribution is -0.142. The lowest BCUT2D eigenvalue weighted by Crippen LogP contribution is -2.45. The van der Waals surface area contributed by atoms with Gasteiger partial charge in [0.15, 0.2) is 5.96 Å². The molecule has 1 N–H and O–H groups in total. The number of ether oxygens (including phenoxy) is 1. The Morgan fingerprint density at radius 1 is 1.30 bits per heavy atom. The first-order chi connectivity index (χ1) is 10.8. The normalized spacial score (nSPS) is 22.2. The molecule has 0 unspecified atom stereocenters. The van der Waals surface area contributed by atoms with Crippen LogP contribution in [-0.4, -0.2) is 82.0 Å². The number of halogens is 3. The van der Waals surface area contributed by atoms with Crippen molar-refractivity contribution in [1.82, 2.24) is 15.1 Å². The molecule has 1 spiro atoms. The largest absolute Gasteiger partial charge is 0.401 e. The van der Waals surface area contributed by atoms with Gasteiger partial charge in [0.1, 0.15) is 0 Å². The smallest absolute Gasteiger partial charge is 0.381 e. The average molecular weight is 336 g/mol. The van der Waals surface area contributed by atoms with E-state index in [1.54, 1.807) is 7.05 Å². The molecule has 0 aliphatic carbocycles. The minimum absolute atomic E-state index is 0.322. The molecule has 134 valence electrons. The van der Waals surface area contributed by atoms with Gasteiger partial charge in [0.2, 0.25) is 0 Å². The highest BCUT2D eigenvalue weighted by atomic mass is 19.4. The Kier molecular flexibility index (Phi) is 6.13. The Hall–Kier alpha value is -1.02. The van der Waals surface area contributed by atoms with Crippen molar-refractivity contribution >= 4 is 5.96 Å². The third-order valence-corrected chi connectivity index (χ3v) is 4.73. The lowest BCUT2D eigenvalue weighted by atomic mass is 9.80. The molecule has 2 rings (SSSR count). The summed E-state index contributed by atoms with van der Waals surface area (Å²) in [6, 6.07) is 0. The summed E-state index contributed by atoms with van der Waals surface area (Å²) in [4.78, 5) is 7.76. The summed E-state index contributed by atoms with van der Waals surface area (Å²) in [5.41, 5.74) is 0.322. The van der Waals surface area contributed by atoms with Crippen LogP contribution in [0, 0.1) is 5.41 Å². The predicted octanol–water partition coefficient (Wildman–Crippen LogP) is 1.56. The van der Waals surface area contributed by atoms with Gasteiger partial charge in [-0.25, -0.2) is 0 Å². The second-order valence-corrected chi connectivity index (χ2v) is 6.61. The molecule has 2 fully saturated rings. The van der Waals surface area contributed by atoms with Gasteiger partial charge in [-0.15, -0.1) is 0 Å². The zero-order valence-corrected chi connectivity index (χ0v) is 14.0. The summed E-state index contributed by atoms with van der Waals surface area (Å²) < 4.78 is 42.4. The molecule has 2 aliphatic rings. The highest BCUT2D eigenvalue weighted by Gasteiger charge is 2.40. The first-order valence-corrected chi connectivity index (χ1v) is 8.12. The van der Waals surface area contributed by atoms with E-state index < -0.39 is 12.7 Å². The predicted molar refractivity (Wildman–Crippen MR) is 83.6 cm³/mol. The van der Waals surface area contributed by atoms with Gasteiger partial charge in [-0.3, -0.25) is 9.89 Å². The number of rotatable bonds is 4. The van der Waals surface area contributed by atoms with Gasteiger partial charge in [-0.1, -0.05) is 0 Å². The summed E-state index contributed by atoms with van der Waals surface area (Å²) in [5.74, 6) is 0.786. The molecule has 0 aromatic carbocycles. The fourth-order valence-corrected chi connectivity index (χ4v) is 3.40. The first-order valence-electron chi connectivity index (χ1n) is 8.12. The van der Waals surface area contributed by atoms with Crippen LogP contribution >= 0.6 is 0 Å². The fraction of sp³-hybridized carbons (Fsp3) is 0.933. The van der Waals surface area contributed by atoms with Crippen LogP contribution in [-0.2, 0) is 4.74 Å². The molecule has 8 heteroatoms. The van der Waals surface area contributed by atoms with Crippen LogP contribution in [0.5, 0.6) is 0 Å². The average Bonchev–Trinajstić information content (AvgIpc) is 2.86. The van der Waals surface area contributed by atoms with Crippen molar-refractivity contribution in [2.75, 3.05) is 60.0 Å². The monoisotopic (exact) mass is 336 g/mol. The summed E-state index contributed by atoms with van der Waals surface area (Å²) >= 11 is 0. The molecule has 0 aromatic heterocycles. The van der Waals surface area contributed by atoms with Crippen molar-refractivity contribution in [3.05, 3.63) is 0 Å². The van der Waals surface area contributed by atoms with E-state index in [0.29, 0.717) is 18.5 Å². The Morgan fingerprint density at radius 2 is 2.00 bits per heavy atom. The number of hydrogen-bond donors (Lipinski definition) is 1. The maximum Gasteiger partial charge on any atom is 0.401 e. The number of nitrogens with one attached hydrogen (secondary N) is 1. The van der Waals surface area contributed by atoms with Gasteiger partial charge in [0.05, 0.1) is 6.54 Å².